The van der Waals surface area contributed by atoms with E-state index in [2.05, 4.69) is 5.32 Å². The average molecular weight is 422 g/mol. The number of carboxylic acid groups (broad SMARTS) is 1. The van der Waals surface area contributed by atoms with Crippen LogP contribution >= 0.6 is 11.8 Å². The summed E-state index contributed by atoms with van der Waals surface area (Å²) >= 11 is 1.43. The van der Waals surface area contributed by atoms with Crippen molar-refractivity contribution in [2.45, 2.75) is 51.6 Å². The maximum absolute atomic E-state index is 12.6. The lowest BCUT2D eigenvalue weighted by atomic mass is 9.84. The Labute approximate surface area is 174 Å². The van der Waals surface area contributed by atoms with Gasteiger partial charge in [-0.1, -0.05) is 32.9 Å². The number of rotatable bonds is 6. The molecular formula is C20H27N3O5S. The SMILES string of the molecule is CC(=O)N1CSCC1C(=O)N[C@@H](Cc1ccc(C(C)(C)C)cc1C(N)=O)C(=O)O. The van der Waals surface area contributed by atoms with Crippen LogP contribution in [0.4, 0.5) is 0 Å². The molecule has 1 heterocycles. The number of aliphatic carboxylic acids is 1. The van der Waals surface area contributed by atoms with Crippen LogP contribution in [0, 0.1) is 0 Å². The molecule has 4 N–H and O–H groups in total. The van der Waals surface area contributed by atoms with E-state index in [1.54, 1.807) is 12.1 Å². The summed E-state index contributed by atoms with van der Waals surface area (Å²) in [5.41, 5.74) is 6.88. The van der Waals surface area contributed by atoms with Gasteiger partial charge in [-0.25, -0.2) is 4.79 Å². The standard InChI is InChI=1S/C20H27N3O5S/c1-11(24)23-10-29-9-16(23)18(26)22-15(19(27)28)7-12-5-6-13(20(2,3)4)8-14(12)17(21)25/h5-6,8,15-16H,7,9-10H2,1-4H3,(H2,21,25)(H,22,26)(H,27,28)/t15-,16?/m0/s1. The van der Waals surface area contributed by atoms with Gasteiger partial charge in [-0.05, 0) is 22.6 Å². The highest BCUT2D eigenvalue weighted by Crippen LogP contribution is 2.25. The van der Waals surface area contributed by atoms with Gasteiger partial charge in [0.2, 0.25) is 17.7 Å². The van der Waals surface area contributed by atoms with Gasteiger partial charge >= 0.3 is 5.97 Å². The molecular weight excluding hydrogens is 394 g/mol. The Bertz CT molecular complexity index is 834. The van der Waals surface area contributed by atoms with Gasteiger partial charge in [0.1, 0.15) is 12.1 Å². The number of benzene rings is 1. The second-order valence-corrected chi connectivity index (χ2v) is 9.09. The van der Waals surface area contributed by atoms with Crippen LogP contribution in [0.3, 0.4) is 0 Å². The molecule has 1 saturated heterocycles. The molecule has 1 aliphatic rings. The molecule has 8 nitrogen and oxygen atoms in total. The number of nitrogens with zero attached hydrogens (tertiary/aromatic N) is 1. The van der Waals surface area contributed by atoms with Gasteiger partial charge in [-0.2, -0.15) is 0 Å². The van der Waals surface area contributed by atoms with Crippen LogP contribution in [0.5, 0.6) is 0 Å². The highest BCUT2D eigenvalue weighted by atomic mass is 32.2. The third-order valence-electron chi connectivity index (χ3n) is 4.87. The van der Waals surface area contributed by atoms with Gasteiger partial charge < -0.3 is 21.1 Å². The van der Waals surface area contributed by atoms with Crippen LogP contribution in [0.15, 0.2) is 18.2 Å². The van der Waals surface area contributed by atoms with Crippen molar-refractivity contribution in [3.05, 3.63) is 34.9 Å². The summed E-state index contributed by atoms with van der Waals surface area (Å²) in [4.78, 5) is 49.4. The molecule has 1 aromatic rings. The molecule has 0 radical (unpaired) electrons. The van der Waals surface area contributed by atoms with Crippen molar-refractivity contribution >= 4 is 35.5 Å². The van der Waals surface area contributed by atoms with Crippen LogP contribution in [-0.2, 0) is 26.2 Å². The molecule has 1 aromatic carbocycles. The first kappa shape index (κ1) is 22.7. The number of hydrogen-bond donors (Lipinski definition) is 3. The van der Waals surface area contributed by atoms with E-state index in [0.717, 1.165) is 5.56 Å². The number of carbonyl (C=O) groups is 4. The highest BCUT2D eigenvalue weighted by Gasteiger charge is 2.35. The number of carbonyl (C=O) groups excluding carboxylic acids is 3. The van der Waals surface area contributed by atoms with Crippen LogP contribution in [-0.4, -0.2) is 57.4 Å². The van der Waals surface area contributed by atoms with Gasteiger partial charge in [-0.3, -0.25) is 14.4 Å². The fraction of sp³-hybridized carbons (Fsp3) is 0.500. The Morgan fingerprint density at radius 1 is 1.31 bits per heavy atom. The van der Waals surface area contributed by atoms with E-state index in [1.807, 2.05) is 26.8 Å². The summed E-state index contributed by atoms with van der Waals surface area (Å²) in [6, 6.07) is 3.21. The minimum atomic E-state index is -1.25. The molecule has 2 rings (SSSR count). The van der Waals surface area contributed by atoms with Crippen molar-refractivity contribution in [3.63, 3.8) is 0 Å². The van der Waals surface area contributed by atoms with E-state index in [0.29, 0.717) is 17.2 Å². The zero-order valence-corrected chi connectivity index (χ0v) is 17.8. The van der Waals surface area contributed by atoms with E-state index in [9.17, 15) is 24.3 Å². The number of primary amides is 1. The Hall–Kier alpha value is -2.55. The summed E-state index contributed by atoms with van der Waals surface area (Å²) in [6.07, 6.45) is -0.0935. The Morgan fingerprint density at radius 3 is 2.48 bits per heavy atom. The molecule has 1 unspecified atom stereocenters. The minimum Gasteiger partial charge on any atom is -0.480 e. The first-order chi connectivity index (χ1) is 13.4. The summed E-state index contributed by atoms with van der Waals surface area (Å²) in [6.45, 7) is 7.35. The molecule has 1 aliphatic heterocycles. The largest absolute Gasteiger partial charge is 0.480 e. The second-order valence-electron chi connectivity index (χ2n) is 8.09. The molecule has 0 saturated carbocycles. The first-order valence-corrected chi connectivity index (χ1v) is 10.4. The monoisotopic (exact) mass is 421 g/mol. The van der Waals surface area contributed by atoms with Crippen LogP contribution in [0.2, 0.25) is 0 Å². The number of thioether (sulfide) groups is 1. The van der Waals surface area contributed by atoms with Crippen LogP contribution in [0.25, 0.3) is 0 Å². The van der Waals surface area contributed by atoms with Crippen molar-refractivity contribution in [1.29, 1.82) is 0 Å². The van der Waals surface area contributed by atoms with Gasteiger partial charge in [-0.15, -0.1) is 11.8 Å². The van der Waals surface area contributed by atoms with E-state index in [-0.39, 0.29) is 23.3 Å². The quantitative estimate of drug-likeness (QED) is 0.631. The zero-order valence-electron chi connectivity index (χ0n) is 17.0. The predicted molar refractivity (Wildman–Crippen MR) is 111 cm³/mol. The third kappa shape index (κ3) is 5.50. The summed E-state index contributed by atoms with van der Waals surface area (Å²) in [5.74, 6) is -1.85. The van der Waals surface area contributed by atoms with Crippen LogP contribution in [0.1, 0.15) is 49.2 Å². The molecule has 3 amide bonds. The molecule has 9 heteroatoms. The van der Waals surface area contributed by atoms with Gasteiger partial charge in [0.25, 0.3) is 0 Å². The second kappa shape index (κ2) is 8.86. The predicted octanol–water partition coefficient (Wildman–Crippen LogP) is 1.12. The lowest BCUT2D eigenvalue weighted by Gasteiger charge is -2.24. The summed E-state index contributed by atoms with van der Waals surface area (Å²) in [7, 11) is 0. The molecule has 0 spiro atoms. The van der Waals surface area contributed by atoms with E-state index in [4.69, 9.17) is 5.73 Å². The number of nitrogens with one attached hydrogen (secondary N) is 1. The van der Waals surface area contributed by atoms with Crippen molar-refractivity contribution in [2.75, 3.05) is 11.6 Å². The van der Waals surface area contributed by atoms with E-state index in [1.165, 1.54) is 23.6 Å². The topological polar surface area (TPSA) is 130 Å². The lowest BCUT2D eigenvalue weighted by molar-refractivity contribution is -0.143. The zero-order chi connectivity index (χ0) is 21.9. The molecule has 0 bridgehead atoms. The molecule has 1 fully saturated rings. The highest BCUT2D eigenvalue weighted by molar-refractivity contribution is 7.99. The van der Waals surface area contributed by atoms with E-state index >= 15 is 0 Å². The van der Waals surface area contributed by atoms with Crippen molar-refractivity contribution in [1.82, 2.24) is 10.2 Å². The molecule has 0 aliphatic carbocycles. The van der Waals surface area contributed by atoms with Gasteiger partial charge in [0.05, 0.1) is 5.88 Å². The Morgan fingerprint density at radius 2 is 1.97 bits per heavy atom. The smallest absolute Gasteiger partial charge is 0.326 e. The Kier molecular flexibility index (Phi) is 6.94. The van der Waals surface area contributed by atoms with E-state index < -0.39 is 29.9 Å². The molecule has 29 heavy (non-hydrogen) atoms. The maximum Gasteiger partial charge on any atom is 0.326 e. The minimum absolute atomic E-state index is 0.0935. The summed E-state index contributed by atoms with van der Waals surface area (Å²) in [5, 5.41) is 12.1. The number of hydrogen-bond acceptors (Lipinski definition) is 5. The number of amides is 3. The lowest BCUT2D eigenvalue weighted by Crippen LogP contribution is -2.52. The normalized spacial score (nSPS) is 17.7. The van der Waals surface area contributed by atoms with Gasteiger partial charge in [0, 0.05) is 24.7 Å². The fourth-order valence-electron chi connectivity index (χ4n) is 3.11. The van der Waals surface area contributed by atoms with Gasteiger partial charge in [0.15, 0.2) is 0 Å². The Balaban J connectivity index is 2.25. The molecule has 158 valence electrons. The molecule has 0 aromatic heterocycles. The third-order valence-corrected chi connectivity index (χ3v) is 5.88. The molecule has 2 atom stereocenters. The van der Waals surface area contributed by atoms with Crippen molar-refractivity contribution < 1.29 is 24.3 Å². The van der Waals surface area contributed by atoms with Crippen molar-refractivity contribution in [2.24, 2.45) is 5.73 Å². The fourth-order valence-corrected chi connectivity index (χ4v) is 4.33. The summed E-state index contributed by atoms with van der Waals surface area (Å²) < 4.78 is 0. The number of nitrogens with two attached hydrogens (primary N) is 1. The first-order valence-electron chi connectivity index (χ1n) is 9.23. The average Bonchev–Trinajstić information content (AvgIpc) is 3.10. The maximum atomic E-state index is 12.6. The number of carboxylic acids is 1. The van der Waals surface area contributed by atoms with Crippen LogP contribution < -0.4 is 11.1 Å². The van der Waals surface area contributed by atoms with Crippen molar-refractivity contribution in [3.8, 4) is 0 Å².